The predicted molar refractivity (Wildman–Crippen MR) is 149 cm³/mol. The Hall–Kier alpha value is -3.47. The number of sulfonamides is 1. The molecule has 2 heterocycles. The number of rotatable bonds is 8. The Bertz CT molecular complexity index is 1450. The largest absolute Gasteiger partial charge is 0.482 e. The van der Waals surface area contributed by atoms with E-state index in [1.54, 1.807) is 12.1 Å². The van der Waals surface area contributed by atoms with Gasteiger partial charge in [0.2, 0.25) is 27.1 Å². The lowest BCUT2D eigenvalue weighted by atomic mass is 9.87. The highest BCUT2D eigenvalue weighted by Crippen LogP contribution is 2.23. The summed E-state index contributed by atoms with van der Waals surface area (Å²) in [6.07, 6.45) is 1.34. The van der Waals surface area contributed by atoms with Crippen molar-refractivity contribution in [3.8, 4) is 5.75 Å². The van der Waals surface area contributed by atoms with E-state index in [4.69, 9.17) is 9.15 Å². The number of hydrogen-bond acceptors (Lipinski definition) is 7. The summed E-state index contributed by atoms with van der Waals surface area (Å²) in [4.78, 5) is 26.0. The number of nitrogens with one attached hydrogen (secondary N) is 1. The Morgan fingerprint density at radius 1 is 1.00 bits per heavy atom. The Labute approximate surface area is 229 Å². The summed E-state index contributed by atoms with van der Waals surface area (Å²) in [5.74, 6) is 0.424. The second-order valence-corrected chi connectivity index (χ2v) is 12.6. The average Bonchev–Trinajstić information content (AvgIpc) is 2.88. The molecule has 0 unspecified atom stereocenters. The second kappa shape index (κ2) is 11.7. The van der Waals surface area contributed by atoms with Crippen LogP contribution in [0, 0.1) is 0 Å². The van der Waals surface area contributed by atoms with Crippen molar-refractivity contribution in [2.75, 3.05) is 31.5 Å². The van der Waals surface area contributed by atoms with E-state index in [9.17, 15) is 18.0 Å². The first-order chi connectivity index (χ1) is 18.4. The molecule has 0 atom stereocenters. The maximum Gasteiger partial charge on any atom is 0.243 e. The number of ether oxygens (including phenoxy) is 1. The van der Waals surface area contributed by atoms with E-state index in [0.717, 1.165) is 5.56 Å². The highest BCUT2D eigenvalue weighted by Gasteiger charge is 2.28. The molecule has 0 aliphatic carbocycles. The van der Waals surface area contributed by atoms with Gasteiger partial charge < -0.3 is 14.5 Å². The first-order valence-electron chi connectivity index (χ1n) is 12.9. The zero-order chi connectivity index (χ0) is 28.2. The highest BCUT2D eigenvalue weighted by molar-refractivity contribution is 7.89. The van der Waals surface area contributed by atoms with Gasteiger partial charge in [-0.1, -0.05) is 45.0 Å². The molecule has 0 bridgehead atoms. The summed E-state index contributed by atoms with van der Waals surface area (Å²) in [6, 6.07) is 15.7. The van der Waals surface area contributed by atoms with Crippen LogP contribution in [-0.4, -0.2) is 49.7 Å². The Morgan fingerprint density at radius 2 is 1.64 bits per heavy atom. The fraction of sp³-hybridized carbons (Fsp3) is 0.379. The van der Waals surface area contributed by atoms with Gasteiger partial charge in [-0.05, 0) is 40.8 Å². The predicted octanol–water partition coefficient (Wildman–Crippen LogP) is 3.98. The lowest BCUT2D eigenvalue weighted by Gasteiger charge is -2.33. The maximum absolute atomic E-state index is 13.0. The number of carbonyl (C=O) groups excluding carboxylic acids is 1. The van der Waals surface area contributed by atoms with Crippen LogP contribution in [0.5, 0.6) is 5.75 Å². The molecule has 1 aliphatic heterocycles. The standard InChI is InChI=1S/C29H35N3O6S/c1-21(33)30-24-9-11-26(12-10-24)39(35,36)32-15-13-31(14-16-32)18-25-17-27(34)28(20-37-25)38-19-22-5-7-23(8-6-22)29(2,3)4/h5-12,17,20H,13-16,18-19H2,1-4H3,(H,30,33). The molecule has 4 rings (SSSR count). The van der Waals surface area contributed by atoms with Gasteiger partial charge in [0, 0.05) is 44.9 Å². The van der Waals surface area contributed by atoms with Gasteiger partial charge in [0.25, 0.3) is 0 Å². The molecule has 1 N–H and O–H groups in total. The van der Waals surface area contributed by atoms with E-state index in [2.05, 4.69) is 38.2 Å². The molecule has 0 spiro atoms. The summed E-state index contributed by atoms with van der Waals surface area (Å²) in [7, 11) is -3.65. The van der Waals surface area contributed by atoms with Crippen molar-refractivity contribution in [1.29, 1.82) is 0 Å². The average molecular weight is 554 g/mol. The molecule has 1 saturated heterocycles. The first-order valence-corrected chi connectivity index (χ1v) is 14.3. The van der Waals surface area contributed by atoms with Gasteiger partial charge in [0.15, 0.2) is 0 Å². The Morgan fingerprint density at radius 3 is 2.21 bits per heavy atom. The topological polar surface area (TPSA) is 109 Å². The monoisotopic (exact) mass is 553 g/mol. The number of anilines is 1. The number of amides is 1. The molecule has 10 heteroatoms. The quantitative estimate of drug-likeness (QED) is 0.449. The second-order valence-electron chi connectivity index (χ2n) is 10.7. The van der Waals surface area contributed by atoms with Crippen LogP contribution in [-0.2, 0) is 33.4 Å². The summed E-state index contributed by atoms with van der Waals surface area (Å²) >= 11 is 0. The van der Waals surface area contributed by atoms with Gasteiger partial charge in [0.1, 0.15) is 18.6 Å². The number of piperazine rings is 1. The van der Waals surface area contributed by atoms with Crippen molar-refractivity contribution < 1.29 is 22.4 Å². The fourth-order valence-electron chi connectivity index (χ4n) is 4.30. The van der Waals surface area contributed by atoms with Gasteiger partial charge >= 0.3 is 0 Å². The lowest BCUT2D eigenvalue weighted by Crippen LogP contribution is -2.48. The molecule has 9 nitrogen and oxygen atoms in total. The van der Waals surface area contributed by atoms with Crippen molar-refractivity contribution in [1.82, 2.24) is 9.21 Å². The summed E-state index contributed by atoms with van der Waals surface area (Å²) in [5, 5.41) is 2.63. The van der Waals surface area contributed by atoms with Crippen LogP contribution in [0.4, 0.5) is 5.69 Å². The molecular formula is C29H35N3O6S. The third-order valence-electron chi connectivity index (χ3n) is 6.59. The molecule has 208 valence electrons. The van der Waals surface area contributed by atoms with Crippen molar-refractivity contribution in [3.63, 3.8) is 0 Å². The molecule has 1 fully saturated rings. The van der Waals surface area contributed by atoms with Crippen LogP contribution in [0.3, 0.4) is 0 Å². The highest BCUT2D eigenvalue weighted by atomic mass is 32.2. The molecule has 1 aliphatic rings. The van der Waals surface area contributed by atoms with Gasteiger partial charge in [0.05, 0.1) is 11.4 Å². The van der Waals surface area contributed by atoms with Crippen molar-refractivity contribution in [2.24, 2.45) is 0 Å². The van der Waals surface area contributed by atoms with Crippen molar-refractivity contribution >= 4 is 21.6 Å². The summed E-state index contributed by atoms with van der Waals surface area (Å²) in [6.45, 7) is 10.1. The van der Waals surface area contributed by atoms with E-state index in [1.165, 1.54) is 41.3 Å². The molecule has 1 aromatic heterocycles. The van der Waals surface area contributed by atoms with Gasteiger partial charge in [-0.2, -0.15) is 4.31 Å². The minimum Gasteiger partial charge on any atom is -0.482 e. The molecule has 2 aromatic carbocycles. The van der Waals surface area contributed by atoms with E-state index in [1.807, 2.05) is 17.0 Å². The van der Waals surface area contributed by atoms with Crippen LogP contribution >= 0.6 is 0 Å². The van der Waals surface area contributed by atoms with Gasteiger partial charge in [-0.25, -0.2) is 8.42 Å². The van der Waals surface area contributed by atoms with E-state index < -0.39 is 10.0 Å². The van der Waals surface area contributed by atoms with Gasteiger partial charge in [-0.15, -0.1) is 0 Å². The van der Waals surface area contributed by atoms with Crippen molar-refractivity contribution in [2.45, 2.75) is 51.2 Å². The lowest BCUT2D eigenvalue weighted by molar-refractivity contribution is -0.114. The number of hydrogen-bond donors (Lipinski definition) is 1. The third kappa shape index (κ3) is 7.35. The normalized spacial score (nSPS) is 15.2. The van der Waals surface area contributed by atoms with E-state index >= 15 is 0 Å². The van der Waals surface area contributed by atoms with Crippen LogP contribution in [0.15, 0.2) is 75.0 Å². The molecule has 0 saturated carbocycles. The SMILES string of the molecule is CC(=O)Nc1ccc(S(=O)(=O)N2CCN(Cc3cc(=O)c(OCc4ccc(C(C)(C)C)cc4)co3)CC2)cc1. The van der Waals surface area contributed by atoms with Crippen LogP contribution in [0.25, 0.3) is 0 Å². The van der Waals surface area contributed by atoms with Crippen LogP contribution in [0.2, 0.25) is 0 Å². The molecule has 0 radical (unpaired) electrons. The van der Waals surface area contributed by atoms with Crippen LogP contribution < -0.4 is 15.5 Å². The summed E-state index contributed by atoms with van der Waals surface area (Å²) in [5.41, 5.74) is 2.54. The van der Waals surface area contributed by atoms with E-state index in [-0.39, 0.29) is 34.0 Å². The Kier molecular flexibility index (Phi) is 8.58. The van der Waals surface area contributed by atoms with E-state index in [0.29, 0.717) is 44.2 Å². The molecule has 39 heavy (non-hydrogen) atoms. The minimum absolute atomic E-state index is 0.0685. The zero-order valence-corrected chi connectivity index (χ0v) is 23.6. The number of nitrogens with zero attached hydrogens (tertiary/aromatic N) is 2. The summed E-state index contributed by atoms with van der Waals surface area (Å²) < 4.78 is 38.9. The first kappa shape index (κ1) is 28.5. The molecule has 1 amide bonds. The maximum atomic E-state index is 13.0. The fourth-order valence-corrected chi connectivity index (χ4v) is 5.72. The third-order valence-corrected chi connectivity index (χ3v) is 8.50. The smallest absolute Gasteiger partial charge is 0.243 e. The van der Waals surface area contributed by atoms with Crippen LogP contribution in [0.1, 0.15) is 44.6 Å². The molecular weight excluding hydrogens is 518 g/mol. The number of benzene rings is 2. The van der Waals surface area contributed by atoms with Crippen molar-refractivity contribution in [3.05, 3.63) is 88.0 Å². The molecule has 3 aromatic rings. The minimum atomic E-state index is -3.65. The number of carbonyl (C=O) groups is 1. The van der Waals surface area contributed by atoms with Gasteiger partial charge in [-0.3, -0.25) is 14.5 Å². The zero-order valence-electron chi connectivity index (χ0n) is 22.8. The Balaban J connectivity index is 1.29.